The van der Waals surface area contributed by atoms with Gasteiger partial charge in [0.1, 0.15) is 24.0 Å². The van der Waals surface area contributed by atoms with E-state index in [1.54, 1.807) is 23.0 Å². The van der Waals surface area contributed by atoms with E-state index >= 15 is 0 Å². The highest BCUT2D eigenvalue weighted by Gasteiger charge is 2.32. The minimum atomic E-state index is -4.33. The third-order valence-electron chi connectivity index (χ3n) is 8.02. The van der Waals surface area contributed by atoms with Crippen LogP contribution in [0.5, 0.6) is 5.75 Å². The minimum absolute atomic E-state index is 0.132. The first-order valence-electron chi connectivity index (χ1n) is 15.1. The molecule has 2 N–H and O–H groups in total. The van der Waals surface area contributed by atoms with Crippen LogP contribution < -0.4 is 15.4 Å². The van der Waals surface area contributed by atoms with Crippen LogP contribution in [0.4, 0.5) is 17.6 Å². The van der Waals surface area contributed by atoms with Crippen molar-refractivity contribution in [2.45, 2.75) is 57.5 Å². The van der Waals surface area contributed by atoms with Gasteiger partial charge in [-0.2, -0.15) is 18.3 Å². The summed E-state index contributed by atoms with van der Waals surface area (Å²) in [6, 6.07) is 18.6. The van der Waals surface area contributed by atoms with Crippen LogP contribution in [-0.4, -0.2) is 40.0 Å². The Kier molecular flexibility index (Phi) is 8.77. The van der Waals surface area contributed by atoms with Crippen LogP contribution in [0.3, 0.4) is 0 Å². The average molecular weight is 632 g/mol. The van der Waals surface area contributed by atoms with Crippen molar-refractivity contribution in [3.8, 4) is 17.0 Å². The van der Waals surface area contributed by atoms with Crippen molar-refractivity contribution in [2.75, 3.05) is 6.54 Å². The Bertz CT molecular complexity index is 1790. The molecule has 1 aromatic heterocycles. The Morgan fingerprint density at radius 1 is 1.07 bits per heavy atom. The predicted octanol–water partition coefficient (Wildman–Crippen LogP) is 7.37. The molecule has 0 spiro atoms. The molecule has 2 aliphatic rings. The van der Waals surface area contributed by atoms with Gasteiger partial charge in [0, 0.05) is 41.3 Å². The number of allylic oxidation sites excluding steroid dienone is 1. The summed E-state index contributed by atoms with van der Waals surface area (Å²) in [6.07, 6.45) is -1.62. The predicted molar refractivity (Wildman–Crippen MR) is 168 cm³/mol. The number of hydrogen-bond donors (Lipinski definition) is 2. The fourth-order valence-corrected chi connectivity index (χ4v) is 5.40. The van der Waals surface area contributed by atoms with E-state index in [2.05, 4.69) is 22.2 Å². The van der Waals surface area contributed by atoms with Crippen molar-refractivity contribution < 1.29 is 27.1 Å². The lowest BCUT2D eigenvalue weighted by Crippen LogP contribution is -2.32. The number of rotatable bonds is 11. The highest BCUT2D eigenvalue weighted by molar-refractivity contribution is 6.24. The van der Waals surface area contributed by atoms with E-state index in [0.29, 0.717) is 39.7 Å². The van der Waals surface area contributed by atoms with Crippen LogP contribution in [0.2, 0.25) is 0 Å². The summed E-state index contributed by atoms with van der Waals surface area (Å²) < 4.78 is 61.4. The van der Waals surface area contributed by atoms with Crippen molar-refractivity contribution in [1.82, 2.24) is 20.3 Å². The van der Waals surface area contributed by atoms with Crippen molar-refractivity contribution in [1.29, 1.82) is 0 Å². The Labute approximate surface area is 264 Å². The van der Waals surface area contributed by atoms with Crippen molar-refractivity contribution >= 4 is 17.2 Å². The SMILES string of the molecule is C=C(C1=Nn2c(-c3ccc(C(=O)NC4CC4)c(C)c3)cnc2C(NCCC(F)(F)F)C1)c1cc(F)ccc1OCc1ccccc1. The number of carbonyl (C=O) groups is 1. The lowest BCUT2D eigenvalue weighted by Gasteiger charge is -2.26. The Balaban J connectivity index is 1.33. The molecule has 1 unspecified atom stereocenters. The summed E-state index contributed by atoms with van der Waals surface area (Å²) in [6.45, 7) is 5.99. The van der Waals surface area contributed by atoms with Gasteiger partial charge in [0.25, 0.3) is 5.91 Å². The lowest BCUT2D eigenvalue weighted by atomic mass is 9.95. The van der Waals surface area contributed by atoms with E-state index in [0.717, 1.165) is 29.5 Å². The molecule has 238 valence electrons. The molecule has 6 rings (SSSR count). The van der Waals surface area contributed by atoms with Gasteiger partial charge >= 0.3 is 6.18 Å². The van der Waals surface area contributed by atoms with Crippen molar-refractivity contribution in [3.05, 3.63) is 113 Å². The third kappa shape index (κ3) is 7.20. The molecule has 1 aliphatic heterocycles. The molecule has 1 atom stereocenters. The number of amides is 1. The maximum absolute atomic E-state index is 14.6. The highest BCUT2D eigenvalue weighted by atomic mass is 19.4. The van der Waals surface area contributed by atoms with Crippen molar-refractivity contribution in [3.63, 3.8) is 0 Å². The standard InChI is InChI=1S/C35H33F4N5O2/c1-21-16-24(8-12-27(21)34(45)42-26-10-11-26)31-19-41-33-30(40-15-14-35(37,38)39)18-29(43-44(31)33)22(2)28-17-25(36)9-13-32(28)46-20-23-6-4-3-5-7-23/h3-9,12-13,16-17,19,26,30,40H,2,10-11,14-15,18,20H2,1H3,(H,42,45). The third-order valence-corrected chi connectivity index (χ3v) is 8.02. The molecule has 1 aliphatic carbocycles. The zero-order valence-corrected chi connectivity index (χ0v) is 25.2. The molecule has 2 heterocycles. The second-order valence-corrected chi connectivity index (χ2v) is 11.6. The number of imidazole rings is 1. The van der Waals surface area contributed by atoms with Crippen LogP contribution in [0.1, 0.15) is 64.6 Å². The maximum atomic E-state index is 14.6. The van der Waals surface area contributed by atoms with Crippen molar-refractivity contribution in [2.24, 2.45) is 5.10 Å². The molecule has 3 aromatic carbocycles. The first-order chi connectivity index (χ1) is 22.1. The number of aromatic nitrogens is 2. The van der Waals surface area contributed by atoms with Gasteiger partial charge in [-0.3, -0.25) is 4.79 Å². The van der Waals surface area contributed by atoms with Crippen LogP contribution >= 0.6 is 0 Å². The Morgan fingerprint density at radius 2 is 1.85 bits per heavy atom. The highest BCUT2D eigenvalue weighted by Crippen LogP contribution is 2.36. The van der Waals surface area contributed by atoms with E-state index in [4.69, 9.17) is 9.84 Å². The van der Waals surface area contributed by atoms with Crippen LogP contribution in [0.15, 0.2) is 84.6 Å². The first-order valence-corrected chi connectivity index (χ1v) is 15.1. The number of carbonyl (C=O) groups excluding carboxylic acids is 1. The van der Waals surface area contributed by atoms with E-state index in [9.17, 15) is 22.4 Å². The second kappa shape index (κ2) is 12.9. The fourth-order valence-electron chi connectivity index (χ4n) is 5.40. The van der Waals surface area contributed by atoms with E-state index in [1.807, 2.05) is 43.3 Å². The van der Waals surface area contributed by atoms with E-state index in [-0.39, 0.29) is 31.5 Å². The molecule has 1 fully saturated rings. The monoisotopic (exact) mass is 631 g/mol. The Morgan fingerprint density at radius 3 is 2.57 bits per heavy atom. The number of fused-ring (bicyclic) bond motifs is 1. The van der Waals surface area contributed by atoms with Gasteiger partial charge < -0.3 is 15.4 Å². The number of nitrogens with zero attached hydrogens (tertiary/aromatic N) is 3. The molecule has 0 radical (unpaired) electrons. The number of nitrogens with one attached hydrogen (secondary N) is 2. The molecule has 0 bridgehead atoms. The van der Waals surface area contributed by atoms with Gasteiger partial charge in [-0.25, -0.2) is 14.1 Å². The minimum Gasteiger partial charge on any atom is -0.488 e. The molecular weight excluding hydrogens is 598 g/mol. The van der Waals surface area contributed by atoms with Gasteiger partial charge in [0.2, 0.25) is 0 Å². The van der Waals surface area contributed by atoms with E-state index in [1.165, 1.54) is 18.2 Å². The fraction of sp³-hybridized carbons (Fsp3) is 0.286. The second-order valence-electron chi connectivity index (χ2n) is 11.6. The molecule has 1 amide bonds. The zero-order valence-electron chi connectivity index (χ0n) is 25.2. The molecule has 4 aromatic rings. The summed E-state index contributed by atoms with van der Waals surface area (Å²) in [7, 11) is 0. The van der Waals surface area contributed by atoms with Gasteiger partial charge in [0.15, 0.2) is 0 Å². The van der Waals surface area contributed by atoms with Crippen LogP contribution in [0, 0.1) is 12.7 Å². The molecule has 46 heavy (non-hydrogen) atoms. The topological polar surface area (TPSA) is 80.5 Å². The number of aryl methyl sites for hydroxylation is 1. The van der Waals surface area contributed by atoms with Gasteiger partial charge in [-0.15, -0.1) is 0 Å². The van der Waals surface area contributed by atoms with Gasteiger partial charge in [-0.05, 0) is 61.2 Å². The number of alkyl halides is 3. The number of halogens is 4. The quantitative estimate of drug-likeness (QED) is 0.170. The first kappa shape index (κ1) is 31.2. The maximum Gasteiger partial charge on any atom is 0.390 e. The van der Waals surface area contributed by atoms with Gasteiger partial charge in [-0.1, -0.05) is 43.0 Å². The molecular formula is C35H33F4N5O2. The largest absolute Gasteiger partial charge is 0.488 e. The molecule has 11 heteroatoms. The Hall–Kier alpha value is -4.77. The summed E-state index contributed by atoms with van der Waals surface area (Å²) in [4.78, 5) is 17.3. The summed E-state index contributed by atoms with van der Waals surface area (Å²) in [5.41, 5.74) is 4.74. The molecule has 0 saturated heterocycles. The normalized spacial score (nSPS) is 16.0. The van der Waals surface area contributed by atoms with E-state index < -0.39 is 24.5 Å². The van der Waals surface area contributed by atoms with Gasteiger partial charge in [0.05, 0.1) is 30.1 Å². The zero-order chi connectivity index (χ0) is 32.4. The van der Waals surface area contributed by atoms with Crippen LogP contribution in [0.25, 0.3) is 16.8 Å². The lowest BCUT2D eigenvalue weighted by molar-refractivity contribution is -0.133. The van der Waals surface area contributed by atoms with Crippen LogP contribution in [-0.2, 0) is 6.61 Å². The number of hydrogen-bond acceptors (Lipinski definition) is 5. The summed E-state index contributed by atoms with van der Waals surface area (Å²) >= 11 is 0. The summed E-state index contributed by atoms with van der Waals surface area (Å²) in [5.74, 6) is 0.200. The number of benzene rings is 3. The smallest absolute Gasteiger partial charge is 0.390 e. The molecule has 7 nitrogen and oxygen atoms in total. The average Bonchev–Trinajstić information content (AvgIpc) is 3.74. The summed E-state index contributed by atoms with van der Waals surface area (Å²) in [5, 5.41) is 10.8. The molecule has 1 saturated carbocycles. The number of ether oxygens (including phenoxy) is 1.